The van der Waals surface area contributed by atoms with E-state index >= 15 is 0 Å². The Hall–Kier alpha value is -0.160. The second kappa shape index (κ2) is 9.16. The summed E-state index contributed by atoms with van der Waals surface area (Å²) < 4.78 is 6.21. The predicted molar refractivity (Wildman–Crippen MR) is 100 cm³/mol. The molecule has 0 bridgehead atoms. The Kier molecular flexibility index (Phi) is 7.75. The molecule has 0 aromatic heterocycles. The van der Waals surface area contributed by atoms with Crippen LogP contribution in [0.25, 0.3) is 0 Å². The van der Waals surface area contributed by atoms with Crippen LogP contribution in [0.4, 0.5) is 0 Å². The zero-order valence-corrected chi connectivity index (χ0v) is 16.7. The van der Waals surface area contributed by atoms with Gasteiger partial charge in [-0.1, -0.05) is 27.7 Å². The maximum Gasteiger partial charge on any atom is 0.0640 e. The van der Waals surface area contributed by atoms with Crippen molar-refractivity contribution in [2.75, 3.05) is 19.8 Å². The van der Waals surface area contributed by atoms with Crippen molar-refractivity contribution >= 4 is 0 Å². The van der Waals surface area contributed by atoms with Crippen LogP contribution < -0.4 is 0 Å². The Bertz CT molecular complexity index is 370. The summed E-state index contributed by atoms with van der Waals surface area (Å²) in [5.74, 6) is 1.64. The van der Waals surface area contributed by atoms with Gasteiger partial charge in [0.1, 0.15) is 0 Å². The van der Waals surface area contributed by atoms with Gasteiger partial charge in [0.15, 0.2) is 0 Å². The minimum Gasteiger partial charge on any atom is -0.396 e. The van der Waals surface area contributed by atoms with Gasteiger partial charge in [0, 0.05) is 31.7 Å². The topological polar surface area (TPSA) is 69.9 Å². The van der Waals surface area contributed by atoms with Crippen LogP contribution in [-0.2, 0) is 4.74 Å². The third kappa shape index (κ3) is 5.66. The van der Waals surface area contributed by atoms with Crippen molar-refractivity contribution in [3.63, 3.8) is 0 Å². The van der Waals surface area contributed by atoms with Gasteiger partial charge in [-0.25, -0.2) is 0 Å². The highest BCUT2D eigenvalue weighted by molar-refractivity contribution is 4.86. The van der Waals surface area contributed by atoms with Crippen molar-refractivity contribution in [1.82, 2.24) is 0 Å². The van der Waals surface area contributed by atoms with Crippen molar-refractivity contribution < 1.29 is 20.1 Å². The van der Waals surface area contributed by atoms with E-state index in [4.69, 9.17) is 4.74 Å². The first-order valence-electron chi connectivity index (χ1n) is 10.3. The van der Waals surface area contributed by atoms with E-state index in [1.54, 1.807) is 0 Å². The molecule has 2 aliphatic carbocycles. The van der Waals surface area contributed by atoms with Crippen LogP contribution in [0, 0.1) is 35.0 Å². The molecule has 0 heterocycles. The van der Waals surface area contributed by atoms with Crippen LogP contribution in [0.2, 0.25) is 0 Å². The molecule has 2 fully saturated rings. The summed E-state index contributed by atoms with van der Waals surface area (Å²) >= 11 is 0. The number of rotatable bonds is 6. The predicted octanol–water partition coefficient (Wildman–Crippen LogP) is 3.23. The molecule has 0 amide bonds. The van der Waals surface area contributed by atoms with E-state index in [0.29, 0.717) is 24.0 Å². The monoisotopic (exact) mass is 356 g/mol. The summed E-state index contributed by atoms with van der Waals surface area (Å²) in [5.41, 5.74) is 0.375. The summed E-state index contributed by atoms with van der Waals surface area (Å²) in [4.78, 5) is 0. The molecular weight excluding hydrogens is 316 g/mol. The molecule has 4 heteroatoms. The summed E-state index contributed by atoms with van der Waals surface area (Å²) in [6, 6.07) is 0. The Morgan fingerprint density at radius 3 is 1.92 bits per heavy atom. The van der Waals surface area contributed by atoms with E-state index in [1.807, 2.05) is 0 Å². The van der Waals surface area contributed by atoms with Gasteiger partial charge < -0.3 is 20.1 Å². The molecule has 148 valence electrons. The SMILES string of the molecule is CC(C1CCC(OCC2CC(CO)C(O)C(CO)C2)CC1)C(C)(C)C. The lowest BCUT2D eigenvalue weighted by Crippen LogP contribution is -2.42. The molecule has 2 saturated carbocycles. The maximum absolute atomic E-state index is 10.1. The summed E-state index contributed by atoms with van der Waals surface area (Å²) in [5, 5.41) is 29.1. The van der Waals surface area contributed by atoms with Crippen LogP contribution in [-0.4, -0.2) is 47.3 Å². The Balaban J connectivity index is 1.75. The Morgan fingerprint density at radius 2 is 1.48 bits per heavy atom. The average Bonchev–Trinajstić information content (AvgIpc) is 2.59. The third-order valence-corrected chi connectivity index (χ3v) is 7.07. The molecule has 0 aromatic rings. The van der Waals surface area contributed by atoms with Gasteiger partial charge in [-0.05, 0) is 61.7 Å². The first kappa shape index (κ1) is 21.1. The maximum atomic E-state index is 10.1. The van der Waals surface area contributed by atoms with Crippen LogP contribution in [0.15, 0.2) is 0 Å². The minimum atomic E-state index is -0.583. The first-order valence-corrected chi connectivity index (χ1v) is 10.3. The summed E-state index contributed by atoms with van der Waals surface area (Å²) in [6.45, 7) is 10.1. The highest BCUT2D eigenvalue weighted by Crippen LogP contribution is 2.40. The summed E-state index contributed by atoms with van der Waals surface area (Å²) in [6.07, 6.45) is 6.17. The standard InChI is InChI=1S/C21H40O4/c1-14(21(2,3)4)16-5-7-19(8-6-16)25-13-15-9-17(11-22)20(24)18(10-15)12-23/h14-20,22-24H,5-13H2,1-4H3. The Labute approximate surface area is 154 Å². The van der Waals surface area contributed by atoms with Gasteiger partial charge in [0.25, 0.3) is 0 Å². The van der Waals surface area contributed by atoms with Crippen molar-refractivity contribution in [3.05, 3.63) is 0 Å². The molecule has 0 aromatic carbocycles. The van der Waals surface area contributed by atoms with Crippen LogP contribution in [0.5, 0.6) is 0 Å². The first-order chi connectivity index (χ1) is 11.8. The smallest absolute Gasteiger partial charge is 0.0640 e. The van der Waals surface area contributed by atoms with E-state index in [-0.39, 0.29) is 25.0 Å². The molecule has 2 rings (SSSR count). The van der Waals surface area contributed by atoms with Crippen molar-refractivity contribution in [2.24, 2.45) is 35.0 Å². The molecule has 25 heavy (non-hydrogen) atoms. The molecule has 4 nitrogen and oxygen atoms in total. The number of hydrogen-bond acceptors (Lipinski definition) is 4. The fraction of sp³-hybridized carbons (Fsp3) is 1.00. The minimum absolute atomic E-state index is 0.00995. The number of hydrogen-bond donors (Lipinski definition) is 3. The van der Waals surface area contributed by atoms with E-state index < -0.39 is 6.10 Å². The second-order valence-corrected chi connectivity index (χ2v) is 9.74. The largest absolute Gasteiger partial charge is 0.396 e. The van der Waals surface area contributed by atoms with Gasteiger partial charge >= 0.3 is 0 Å². The lowest BCUT2D eigenvalue weighted by atomic mass is 9.69. The van der Waals surface area contributed by atoms with Crippen LogP contribution >= 0.6 is 0 Å². The van der Waals surface area contributed by atoms with E-state index in [0.717, 1.165) is 37.5 Å². The summed E-state index contributed by atoms with van der Waals surface area (Å²) in [7, 11) is 0. The quantitative estimate of drug-likeness (QED) is 0.683. The lowest BCUT2D eigenvalue weighted by molar-refractivity contribution is -0.0736. The fourth-order valence-electron chi connectivity index (χ4n) is 4.85. The number of aliphatic hydroxyl groups is 3. The Morgan fingerprint density at radius 1 is 0.960 bits per heavy atom. The molecule has 3 N–H and O–H groups in total. The van der Waals surface area contributed by atoms with Crippen molar-refractivity contribution in [1.29, 1.82) is 0 Å². The van der Waals surface area contributed by atoms with Crippen LogP contribution in [0.1, 0.15) is 66.2 Å². The third-order valence-electron chi connectivity index (χ3n) is 7.07. The van der Waals surface area contributed by atoms with Gasteiger partial charge in [-0.3, -0.25) is 0 Å². The second-order valence-electron chi connectivity index (χ2n) is 9.74. The lowest BCUT2D eigenvalue weighted by Gasteiger charge is -2.40. The van der Waals surface area contributed by atoms with Crippen molar-refractivity contribution in [3.8, 4) is 0 Å². The normalized spacial score (nSPS) is 38.5. The molecule has 0 aliphatic heterocycles. The van der Waals surface area contributed by atoms with Gasteiger partial charge in [0.05, 0.1) is 12.2 Å². The van der Waals surface area contributed by atoms with Gasteiger partial charge in [0.2, 0.25) is 0 Å². The van der Waals surface area contributed by atoms with Gasteiger partial charge in [-0.2, -0.15) is 0 Å². The van der Waals surface area contributed by atoms with E-state index in [9.17, 15) is 15.3 Å². The highest BCUT2D eigenvalue weighted by atomic mass is 16.5. The molecule has 2 aliphatic rings. The van der Waals surface area contributed by atoms with E-state index in [1.165, 1.54) is 12.8 Å². The molecular formula is C21H40O4. The zero-order valence-electron chi connectivity index (χ0n) is 16.7. The fourth-order valence-corrected chi connectivity index (χ4v) is 4.85. The zero-order chi connectivity index (χ0) is 18.6. The molecule has 0 saturated heterocycles. The highest BCUT2D eigenvalue weighted by Gasteiger charge is 2.37. The molecule has 3 unspecified atom stereocenters. The average molecular weight is 357 g/mol. The van der Waals surface area contributed by atoms with Gasteiger partial charge in [-0.15, -0.1) is 0 Å². The molecule has 3 atom stereocenters. The van der Waals surface area contributed by atoms with Crippen LogP contribution in [0.3, 0.4) is 0 Å². The van der Waals surface area contributed by atoms with Crippen molar-refractivity contribution in [2.45, 2.75) is 78.4 Å². The number of ether oxygens (including phenoxy) is 1. The number of aliphatic hydroxyl groups excluding tert-OH is 3. The molecule has 0 spiro atoms. The van der Waals surface area contributed by atoms with E-state index in [2.05, 4.69) is 27.7 Å². The molecule has 0 radical (unpaired) electrons.